The molecule has 0 saturated carbocycles. The summed E-state index contributed by atoms with van der Waals surface area (Å²) in [5.74, 6) is 0.895. The summed E-state index contributed by atoms with van der Waals surface area (Å²) in [7, 11) is 0. The number of aliphatic hydroxyl groups excluding tert-OH is 1. The van der Waals surface area contributed by atoms with Crippen molar-refractivity contribution in [2.45, 2.75) is 52.7 Å². The number of hydrogen-bond donors (Lipinski definition) is 1. The minimum atomic E-state index is 0.204. The van der Waals surface area contributed by atoms with Crippen LogP contribution >= 0.6 is 0 Å². The van der Waals surface area contributed by atoms with E-state index in [-0.39, 0.29) is 6.61 Å². The molecule has 1 aromatic carbocycles. The molecular weight excluding hydrogens is 276 g/mol. The van der Waals surface area contributed by atoms with Crippen LogP contribution in [0.25, 0.3) is 0 Å². The van der Waals surface area contributed by atoms with Gasteiger partial charge < -0.3 is 9.63 Å². The summed E-state index contributed by atoms with van der Waals surface area (Å²) < 4.78 is 5.35. The highest BCUT2D eigenvalue weighted by Crippen LogP contribution is 2.20. The summed E-state index contributed by atoms with van der Waals surface area (Å²) in [6.45, 7) is 8.09. The van der Waals surface area contributed by atoms with Crippen molar-refractivity contribution in [3.05, 3.63) is 52.9 Å². The molecule has 0 fully saturated rings. The van der Waals surface area contributed by atoms with E-state index in [1.165, 1.54) is 11.1 Å². The molecule has 0 saturated heterocycles. The maximum absolute atomic E-state index is 9.28. The number of benzene rings is 1. The van der Waals surface area contributed by atoms with Crippen molar-refractivity contribution in [2.24, 2.45) is 0 Å². The Kier molecular flexibility index (Phi) is 6.16. The van der Waals surface area contributed by atoms with E-state index in [9.17, 15) is 5.11 Å². The smallest absolute Gasteiger partial charge is 0.138 e. The monoisotopic (exact) mass is 302 g/mol. The van der Waals surface area contributed by atoms with Gasteiger partial charge in [0.1, 0.15) is 5.76 Å². The third-order valence-electron chi connectivity index (χ3n) is 4.16. The van der Waals surface area contributed by atoms with Crippen molar-refractivity contribution in [1.82, 2.24) is 10.1 Å². The Morgan fingerprint density at radius 2 is 1.95 bits per heavy atom. The molecule has 1 atom stereocenters. The van der Waals surface area contributed by atoms with Crippen LogP contribution in [0.1, 0.15) is 42.8 Å². The lowest BCUT2D eigenvalue weighted by molar-refractivity contribution is 0.152. The molecule has 1 aromatic heterocycles. The molecule has 22 heavy (non-hydrogen) atoms. The molecule has 4 nitrogen and oxygen atoms in total. The third kappa shape index (κ3) is 4.18. The van der Waals surface area contributed by atoms with Crippen molar-refractivity contribution in [1.29, 1.82) is 0 Å². The van der Waals surface area contributed by atoms with Crippen molar-refractivity contribution in [3.63, 3.8) is 0 Å². The van der Waals surface area contributed by atoms with Gasteiger partial charge in [-0.2, -0.15) is 0 Å². The summed E-state index contributed by atoms with van der Waals surface area (Å²) >= 11 is 0. The minimum Gasteiger partial charge on any atom is -0.396 e. The van der Waals surface area contributed by atoms with Gasteiger partial charge in [0.05, 0.1) is 5.69 Å². The van der Waals surface area contributed by atoms with Gasteiger partial charge in [0.25, 0.3) is 0 Å². The van der Waals surface area contributed by atoms with E-state index >= 15 is 0 Å². The van der Waals surface area contributed by atoms with E-state index in [4.69, 9.17) is 4.52 Å². The number of hydrogen-bond acceptors (Lipinski definition) is 4. The fourth-order valence-corrected chi connectivity index (χ4v) is 2.68. The second-order valence-corrected chi connectivity index (χ2v) is 5.77. The molecule has 2 rings (SSSR count). The Morgan fingerprint density at radius 3 is 2.59 bits per heavy atom. The quantitative estimate of drug-likeness (QED) is 0.812. The molecule has 2 aromatic rings. The molecule has 0 aliphatic rings. The van der Waals surface area contributed by atoms with E-state index < -0.39 is 0 Å². The Balaban J connectivity index is 2.18. The Morgan fingerprint density at radius 1 is 1.23 bits per heavy atom. The highest BCUT2D eigenvalue weighted by Gasteiger charge is 2.19. The second kappa shape index (κ2) is 8.11. The average molecular weight is 302 g/mol. The van der Waals surface area contributed by atoms with Crippen LogP contribution in [0.2, 0.25) is 0 Å². The van der Waals surface area contributed by atoms with Gasteiger partial charge in [-0.15, -0.1) is 0 Å². The molecule has 4 heteroatoms. The minimum absolute atomic E-state index is 0.204. The molecule has 1 N–H and O–H groups in total. The summed E-state index contributed by atoms with van der Waals surface area (Å²) in [5.41, 5.74) is 3.49. The van der Waals surface area contributed by atoms with Gasteiger partial charge in [-0.3, -0.25) is 4.90 Å². The topological polar surface area (TPSA) is 49.5 Å². The fraction of sp³-hybridized carbons (Fsp3) is 0.500. The van der Waals surface area contributed by atoms with Gasteiger partial charge in [-0.1, -0.05) is 42.4 Å². The van der Waals surface area contributed by atoms with E-state index in [0.717, 1.165) is 37.4 Å². The largest absolute Gasteiger partial charge is 0.396 e. The van der Waals surface area contributed by atoms with E-state index in [1.54, 1.807) is 0 Å². The molecule has 0 bridgehead atoms. The Bertz CT molecular complexity index is 566. The van der Waals surface area contributed by atoms with Crippen molar-refractivity contribution < 1.29 is 9.63 Å². The van der Waals surface area contributed by atoms with Crippen LogP contribution in [0.4, 0.5) is 0 Å². The molecule has 0 amide bonds. The van der Waals surface area contributed by atoms with Crippen LogP contribution in [0, 0.1) is 6.92 Å². The number of aliphatic hydroxyl groups is 1. The zero-order valence-corrected chi connectivity index (χ0v) is 13.7. The van der Waals surface area contributed by atoms with Crippen LogP contribution in [0.15, 0.2) is 34.9 Å². The standard InChI is InChI=1S/C18H26N2O2/c1-4-18-17(15(3)22-19-18)13-20(14(2)10-11-21)12-16-8-6-5-7-9-16/h5-9,14,21H,4,10-13H2,1-3H3. The van der Waals surface area contributed by atoms with Crippen molar-refractivity contribution in [3.8, 4) is 0 Å². The first-order valence-electron chi connectivity index (χ1n) is 7.98. The summed E-state index contributed by atoms with van der Waals surface area (Å²) in [5, 5.41) is 13.4. The van der Waals surface area contributed by atoms with Crippen LogP contribution < -0.4 is 0 Å². The SMILES string of the molecule is CCc1noc(C)c1CN(Cc1ccccc1)C(C)CCO. The van der Waals surface area contributed by atoms with Gasteiger partial charge in [0.15, 0.2) is 0 Å². The lowest BCUT2D eigenvalue weighted by Crippen LogP contribution is -2.33. The second-order valence-electron chi connectivity index (χ2n) is 5.77. The van der Waals surface area contributed by atoms with E-state index in [0.29, 0.717) is 6.04 Å². The predicted octanol–water partition coefficient (Wildman–Crippen LogP) is 3.32. The maximum Gasteiger partial charge on any atom is 0.138 e. The molecule has 0 spiro atoms. The van der Waals surface area contributed by atoms with E-state index in [2.05, 4.69) is 48.2 Å². The van der Waals surface area contributed by atoms with Crippen LogP contribution in [0.3, 0.4) is 0 Å². The molecule has 1 unspecified atom stereocenters. The first-order chi connectivity index (χ1) is 10.7. The van der Waals surface area contributed by atoms with Crippen molar-refractivity contribution in [2.75, 3.05) is 6.61 Å². The lowest BCUT2D eigenvalue weighted by atomic mass is 10.1. The maximum atomic E-state index is 9.28. The van der Waals surface area contributed by atoms with Gasteiger partial charge in [-0.25, -0.2) is 0 Å². The highest BCUT2D eigenvalue weighted by molar-refractivity contribution is 5.22. The van der Waals surface area contributed by atoms with Crippen LogP contribution in [-0.4, -0.2) is 27.8 Å². The molecule has 1 heterocycles. The first kappa shape index (κ1) is 16.7. The van der Waals surface area contributed by atoms with Crippen molar-refractivity contribution >= 4 is 0 Å². The third-order valence-corrected chi connectivity index (χ3v) is 4.16. The van der Waals surface area contributed by atoms with Gasteiger partial charge >= 0.3 is 0 Å². The molecule has 120 valence electrons. The van der Waals surface area contributed by atoms with Gasteiger partial charge in [-0.05, 0) is 32.3 Å². The zero-order chi connectivity index (χ0) is 15.9. The fourth-order valence-electron chi connectivity index (χ4n) is 2.68. The van der Waals surface area contributed by atoms with Gasteiger partial charge in [0.2, 0.25) is 0 Å². The summed E-state index contributed by atoms with van der Waals surface area (Å²) in [6.07, 6.45) is 1.64. The molecular formula is C18H26N2O2. The van der Waals surface area contributed by atoms with Crippen LogP contribution in [0.5, 0.6) is 0 Å². The normalized spacial score (nSPS) is 12.8. The lowest BCUT2D eigenvalue weighted by Gasteiger charge is -2.29. The van der Waals surface area contributed by atoms with Crippen LogP contribution in [-0.2, 0) is 19.5 Å². The summed E-state index contributed by atoms with van der Waals surface area (Å²) in [6, 6.07) is 10.7. The number of rotatable bonds is 8. The zero-order valence-electron chi connectivity index (χ0n) is 13.7. The molecule has 0 radical (unpaired) electrons. The first-order valence-corrected chi connectivity index (χ1v) is 7.98. The number of aryl methyl sites for hydroxylation is 2. The average Bonchev–Trinajstić information content (AvgIpc) is 2.88. The number of aromatic nitrogens is 1. The predicted molar refractivity (Wildman–Crippen MR) is 87.5 cm³/mol. The summed E-state index contributed by atoms with van der Waals surface area (Å²) in [4.78, 5) is 2.38. The number of nitrogens with zero attached hydrogens (tertiary/aromatic N) is 2. The molecule has 0 aliphatic heterocycles. The Labute approximate surface area is 132 Å². The highest BCUT2D eigenvalue weighted by atomic mass is 16.5. The molecule has 0 aliphatic carbocycles. The Hall–Kier alpha value is -1.65. The van der Waals surface area contributed by atoms with Gasteiger partial charge in [0, 0.05) is 31.3 Å². The van der Waals surface area contributed by atoms with E-state index in [1.807, 2.05) is 13.0 Å².